The molecule has 0 bridgehead atoms. The molecule has 0 saturated carbocycles. The number of imidazole rings is 1. The molecule has 0 fully saturated rings. The molecule has 20 heavy (non-hydrogen) atoms. The number of aromatic nitrogens is 2. The van der Waals surface area contributed by atoms with Crippen LogP contribution in [0.4, 0.5) is 0 Å². The van der Waals surface area contributed by atoms with E-state index in [1.54, 1.807) is 29.7 Å². The number of benzene rings is 1. The third-order valence-corrected chi connectivity index (χ3v) is 3.88. The van der Waals surface area contributed by atoms with Crippen LogP contribution >= 0.6 is 11.3 Å². The first-order valence-electron chi connectivity index (χ1n) is 6.11. The van der Waals surface area contributed by atoms with Gasteiger partial charge in [-0.2, -0.15) is 0 Å². The molecule has 2 aromatic heterocycles. The Morgan fingerprint density at radius 1 is 1.25 bits per heavy atom. The number of carboxylic acid groups (broad SMARTS) is 1. The zero-order chi connectivity index (χ0) is 13.9. The highest BCUT2D eigenvalue weighted by Crippen LogP contribution is 2.23. The maximum absolute atomic E-state index is 10.8. The van der Waals surface area contributed by atoms with Crippen LogP contribution in [0.2, 0.25) is 0 Å². The van der Waals surface area contributed by atoms with E-state index in [2.05, 4.69) is 9.55 Å². The molecule has 0 unspecified atom stereocenters. The van der Waals surface area contributed by atoms with Crippen molar-refractivity contribution in [3.63, 3.8) is 0 Å². The first-order valence-corrected chi connectivity index (χ1v) is 6.99. The predicted octanol–water partition coefficient (Wildman–Crippen LogP) is 3.36. The fraction of sp³-hybridized carbons (Fsp3) is 0.0667. The molecule has 0 radical (unpaired) electrons. The molecular formula is C15H12N2O2S. The smallest absolute Gasteiger partial charge is 0.335 e. The van der Waals surface area contributed by atoms with Crippen molar-refractivity contribution in [3.8, 4) is 10.7 Å². The van der Waals surface area contributed by atoms with E-state index in [0.29, 0.717) is 12.1 Å². The van der Waals surface area contributed by atoms with E-state index in [1.165, 1.54) is 0 Å². The Balaban J connectivity index is 1.85. The highest BCUT2D eigenvalue weighted by atomic mass is 32.1. The number of carboxylic acids is 1. The van der Waals surface area contributed by atoms with Crippen LogP contribution in [-0.2, 0) is 6.54 Å². The summed E-state index contributed by atoms with van der Waals surface area (Å²) in [5.74, 6) is 0.0285. The van der Waals surface area contributed by atoms with Crippen LogP contribution in [-0.4, -0.2) is 20.6 Å². The maximum Gasteiger partial charge on any atom is 0.335 e. The average Bonchev–Trinajstić information content (AvgIpc) is 3.09. The molecule has 1 N–H and O–H groups in total. The van der Waals surface area contributed by atoms with Gasteiger partial charge in [-0.1, -0.05) is 18.2 Å². The minimum absolute atomic E-state index is 0.304. The second-order valence-electron chi connectivity index (χ2n) is 4.36. The van der Waals surface area contributed by atoms with Crippen molar-refractivity contribution < 1.29 is 9.90 Å². The largest absolute Gasteiger partial charge is 0.478 e. The van der Waals surface area contributed by atoms with Gasteiger partial charge in [-0.3, -0.25) is 0 Å². The fourth-order valence-corrected chi connectivity index (χ4v) is 2.75. The molecule has 0 spiro atoms. The van der Waals surface area contributed by atoms with Gasteiger partial charge in [0, 0.05) is 18.9 Å². The van der Waals surface area contributed by atoms with Gasteiger partial charge >= 0.3 is 5.97 Å². The second-order valence-corrected chi connectivity index (χ2v) is 5.31. The van der Waals surface area contributed by atoms with Gasteiger partial charge in [0.25, 0.3) is 0 Å². The summed E-state index contributed by atoms with van der Waals surface area (Å²) in [4.78, 5) is 16.3. The molecule has 0 aliphatic rings. The second kappa shape index (κ2) is 5.30. The number of nitrogens with zero attached hydrogens (tertiary/aromatic N) is 2. The molecule has 3 aromatic rings. The van der Waals surface area contributed by atoms with Gasteiger partial charge in [0.1, 0.15) is 5.82 Å². The Bertz CT molecular complexity index is 715. The van der Waals surface area contributed by atoms with E-state index < -0.39 is 5.97 Å². The van der Waals surface area contributed by atoms with Gasteiger partial charge in [0.15, 0.2) is 0 Å². The van der Waals surface area contributed by atoms with Gasteiger partial charge in [0.2, 0.25) is 0 Å². The summed E-state index contributed by atoms with van der Waals surface area (Å²) in [5.41, 5.74) is 1.35. The monoisotopic (exact) mass is 284 g/mol. The van der Waals surface area contributed by atoms with E-state index in [9.17, 15) is 4.79 Å². The Morgan fingerprint density at radius 2 is 2.05 bits per heavy atom. The average molecular weight is 284 g/mol. The van der Waals surface area contributed by atoms with Crippen molar-refractivity contribution in [2.45, 2.75) is 6.54 Å². The molecule has 0 aliphatic heterocycles. The number of hydrogen-bond acceptors (Lipinski definition) is 3. The van der Waals surface area contributed by atoms with E-state index in [0.717, 1.165) is 16.3 Å². The summed E-state index contributed by atoms with van der Waals surface area (Å²) < 4.78 is 2.06. The highest BCUT2D eigenvalue weighted by molar-refractivity contribution is 7.13. The first-order chi connectivity index (χ1) is 9.74. The molecule has 4 nitrogen and oxygen atoms in total. The molecule has 0 aliphatic carbocycles. The molecule has 2 heterocycles. The standard InChI is InChI=1S/C15H12N2O2S/c18-15(19)12-5-3-11(4-6-12)10-17-8-7-16-14(17)13-2-1-9-20-13/h1-9H,10H2,(H,18,19). The van der Waals surface area contributed by atoms with E-state index in [1.807, 2.05) is 35.8 Å². The minimum atomic E-state index is -0.904. The van der Waals surface area contributed by atoms with Gasteiger partial charge < -0.3 is 9.67 Å². The third kappa shape index (κ3) is 2.48. The fourth-order valence-electron chi connectivity index (χ4n) is 2.02. The molecule has 0 saturated heterocycles. The highest BCUT2D eigenvalue weighted by Gasteiger charge is 2.08. The molecule has 3 rings (SSSR count). The van der Waals surface area contributed by atoms with Crippen LogP contribution in [0.3, 0.4) is 0 Å². The Morgan fingerprint density at radius 3 is 2.70 bits per heavy atom. The van der Waals surface area contributed by atoms with Crippen molar-refractivity contribution in [2.24, 2.45) is 0 Å². The van der Waals surface area contributed by atoms with E-state index in [-0.39, 0.29) is 0 Å². The van der Waals surface area contributed by atoms with E-state index >= 15 is 0 Å². The molecule has 100 valence electrons. The van der Waals surface area contributed by atoms with E-state index in [4.69, 9.17) is 5.11 Å². The normalized spacial score (nSPS) is 10.6. The summed E-state index contributed by atoms with van der Waals surface area (Å²) >= 11 is 1.65. The number of hydrogen-bond donors (Lipinski definition) is 1. The summed E-state index contributed by atoms with van der Waals surface area (Å²) in [6, 6.07) is 11.0. The van der Waals surface area contributed by atoms with Crippen LogP contribution in [0.15, 0.2) is 54.2 Å². The molecular weight excluding hydrogens is 272 g/mol. The minimum Gasteiger partial charge on any atom is -0.478 e. The lowest BCUT2D eigenvalue weighted by Crippen LogP contribution is -2.01. The zero-order valence-electron chi connectivity index (χ0n) is 10.6. The lowest BCUT2D eigenvalue weighted by atomic mass is 10.1. The van der Waals surface area contributed by atoms with Crippen molar-refractivity contribution in [1.82, 2.24) is 9.55 Å². The van der Waals surface area contributed by atoms with Crippen LogP contribution < -0.4 is 0 Å². The topological polar surface area (TPSA) is 55.1 Å². The SMILES string of the molecule is O=C(O)c1ccc(Cn2ccnc2-c2cccs2)cc1. The summed E-state index contributed by atoms with van der Waals surface area (Å²) in [6.45, 7) is 0.674. The molecule has 1 aromatic carbocycles. The van der Waals surface area contributed by atoms with Crippen LogP contribution in [0.1, 0.15) is 15.9 Å². The van der Waals surface area contributed by atoms with Gasteiger partial charge in [-0.15, -0.1) is 11.3 Å². The molecule has 0 amide bonds. The van der Waals surface area contributed by atoms with Crippen LogP contribution in [0.5, 0.6) is 0 Å². The van der Waals surface area contributed by atoms with Crippen molar-refractivity contribution >= 4 is 17.3 Å². The molecule has 0 atom stereocenters. The van der Waals surface area contributed by atoms with Crippen molar-refractivity contribution in [2.75, 3.05) is 0 Å². The number of rotatable bonds is 4. The lowest BCUT2D eigenvalue weighted by molar-refractivity contribution is 0.0697. The Kier molecular flexibility index (Phi) is 3.35. The van der Waals surface area contributed by atoms with Crippen molar-refractivity contribution in [3.05, 3.63) is 65.3 Å². The number of aromatic carboxylic acids is 1. The van der Waals surface area contributed by atoms with Gasteiger partial charge in [0.05, 0.1) is 10.4 Å². The van der Waals surface area contributed by atoms with Gasteiger partial charge in [-0.05, 0) is 29.1 Å². The lowest BCUT2D eigenvalue weighted by Gasteiger charge is -2.07. The Hall–Kier alpha value is -2.40. The summed E-state index contributed by atoms with van der Waals surface area (Å²) in [5, 5.41) is 10.9. The molecule has 5 heteroatoms. The maximum atomic E-state index is 10.8. The van der Waals surface area contributed by atoms with Crippen molar-refractivity contribution in [1.29, 1.82) is 0 Å². The van der Waals surface area contributed by atoms with Crippen LogP contribution in [0, 0.1) is 0 Å². The predicted molar refractivity (Wildman–Crippen MR) is 78.0 cm³/mol. The number of thiophene rings is 1. The number of carbonyl (C=O) groups is 1. The van der Waals surface area contributed by atoms with Crippen LogP contribution in [0.25, 0.3) is 10.7 Å². The quantitative estimate of drug-likeness (QED) is 0.799. The first kappa shape index (κ1) is 12.6. The Labute approximate surface area is 120 Å². The summed E-state index contributed by atoms with van der Waals surface area (Å²) in [7, 11) is 0. The zero-order valence-corrected chi connectivity index (χ0v) is 11.4. The summed E-state index contributed by atoms with van der Waals surface area (Å²) in [6.07, 6.45) is 3.71. The third-order valence-electron chi connectivity index (χ3n) is 3.01. The van der Waals surface area contributed by atoms with Gasteiger partial charge in [-0.25, -0.2) is 9.78 Å².